The van der Waals surface area contributed by atoms with Crippen molar-refractivity contribution in [2.45, 2.75) is 0 Å². The maximum atomic E-state index is 10.0. The van der Waals surface area contributed by atoms with Crippen molar-refractivity contribution in [1.29, 1.82) is 0 Å². The quantitative estimate of drug-likeness (QED) is 0.213. The van der Waals surface area contributed by atoms with Gasteiger partial charge in [-0.05, 0) is 0 Å². The third-order valence-corrected chi connectivity index (χ3v) is 1.07. The van der Waals surface area contributed by atoms with Gasteiger partial charge < -0.3 is 39.6 Å². The van der Waals surface area contributed by atoms with Gasteiger partial charge in [0.1, 0.15) is 0 Å². The molecule has 8 nitrogen and oxygen atoms in total. The van der Waals surface area contributed by atoms with Crippen LogP contribution in [0.5, 0.6) is 0 Å². The Kier molecular flexibility index (Phi) is 26.6. The van der Waals surface area contributed by atoms with Gasteiger partial charge >= 0.3 is 118 Å². The second-order valence-corrected chi connectivity index (χ2v) is 1.90. The summed E-state index contributed by atoms with van der Waals surface area (Å²) in [6.07, 6.45) is 0. The molecule has 0 spiro atoms. The van der Waals surface area contributed by atoms with Gasteiger partial charge in [0.05, 0.1) is 23.9 Å². The van der Waals surface area contributed by atoms with E-state index < -0.39 is 35.0 Å². The fourth-order valence-corrected chi connectivity index (χ4v) is 0.575. The van der Waals surface area contributed by atoms with Gasteiger partial charge in [-0.1, -0.05) is 0 Å². The first-order chi connectivity index (χ1) is 6.29. The molecule has 0 N–H and O–H groups in total. The Balaban J connectivity index is -0.000000141. The van der Waals surface area contributed by atoms with Crippen LogP contribution >= 0.6 is 0 Å². The first-order valence-electron chi connectivity index (χ1n) is 2.88. The van der Waals surface area contributed by atoms with Gasteiger partial charge in [-0.15, -0.1) is 0 Å². The summed E-state index contributed by atoms with van der Waals surface area (Å²) in [5.74, 6) is -10.1. The van der Waals surface area contributed by atoms with Crippen LogP contribution in [0.3, 0.4) is 0 Å². The number of carboxylic acids is 4. The average Bonchev–Trinajstić information content (AvgIpc) is 1.96. The Hall–Kier alpha value is 1.62. The molecule has 0 saturated heterocycles. The Labute approximate surface area is 189 Å². The molecule has 18 heavy (non-hydrogen) atoms. The topological polar surface area (TPSA) is 161 Å². The molecule has 0 unspecified atom stereocenters. The van der Waals surface area contributed by atoms with Crippen molar-refractivity contribution in [2.75, 3.05) is 0 Å². The smallest absolute Gasteiger partial charge is 0.545 e. The van der Waals surface area contributed by atoms with Crippen molar-refractivity contribution in [3.05, 3.63) is 11.1 Å². The predicted octanol–water partition coefficient (Wildman–Crippen LogP) is -18.7. The van der Waals surface area contributed by atoms with Crippen molar-refractivity contribution >= 4 is 23.9 Å². The molecule has 0 aromatic heterocycles. The van der Waals surface area contributed by atoms with Crippen LogP contribution in [0, 0.1) is 0 Å². The normalized spacial score (nSPS) is 6.89. The monoisotopic (exact) mass is 292 g/mol. The molecular formula is C6Na4O8. The molecule has 0 fully saturated rings. The van der Waals surface area contributed by atoms with E-state index in [1.165, 1.54) is 0 Å². The molecule has 0 amide bonds. The minimum absolute atomic E-state index is 0. The van der Waals surface area contributed by atoms with Crippen molar-refractivity contribution in [2.24, 2.45) is 0 Å². The van der Waals surface area contributed by atoms with Gasteiger partial charge in [-0.2, -0.15) is 0 Å². The first-order valence-corrected chi connectivity index (χ1v) is 2.88. The third kappa shape index (κ3) is 10.4. The summed E-state index contributed by atoms with van der Waals surface area (Å²) in [5.41, 5.74) is -4.07. The minimum atomic E-state index is -2.52. The van der Waals surface area contributed by atoms with Gasteiger partial charge in [-0.3, -0.25) is 0 Å². The summed E-state index contributed by atoms with van der Waals surface area (Å²) in [4.78, 5) is 40.1. The van der Waals surface area contributed by atoms with Crippen molar-refractivity contribution in [3.8, 4) is 0 Å². The fourth-order valence-electron chi connectivity index (χ4n) is 0.575. The molecule has 0 aromatic rings. The molecule has 0 heterocycles. The van der Waals surface area contributed by atoms with Crippen LogP contribution in [-0.2, 0) is 19.2 Å². The van der Waals surface area contributed by atoms with E-state index in [9.17, 15) is 39.6 Å². The summed E-state index contributed by atoms with van der Waals surface area (Å²) < 4.78 is 0. The summed E-state index contributed by atoms with van der Waals surface area (Å²) in [6.45, 7) is 0. The van der Waals surface area contributed by atoms with E-state index in [-0.39, 0.29) is 118 Å². The van der Waals surface area contributed by atoms with E-state index in [1.807, 2.05) is 0 Å². The zero-order valence-corrected chi connectivity index (χ0v) is 18.3. The number of carbonyl (C=O) groups is 4. The van der Waals surface area contributed by atoms with E-state index in [0.717, 1.165) is 0 Å². The van der Waals surface area contributed by atoms with E-state index in [0.29, 0.717) is 0 Å². The zero-order chi connectivity index (χ0) is 11.5. The molecule has 0 bridgehead atoms. The summed E-state index contributed by atoms with van der Waals surface area (Å²) in [5, 5.41) is 40.1. The maximum Gasteiger partial charge on any atom is 1.00 e. The SMILES string of the molecule is O=C([O-])C(C(=O)[O-])=C(C(=O)[O-])C(=O)[O-].[Na+].[Na+].[Na+].[Na+]. The number of hydrogen-bond acceptors (Lipinski definition) is 8. The minimum Gasteiger partial charge on any atom is -0.545 e. The standard InChI is InChI=1S/C6H4O8.4Na/c7-3(8)1(4(9)10)2(5(11)12)6(13)14;;;;/h(H,7,8)(H,9,10)(H,11,12)(H,13,14);;;;/q;4*+1/p-4. The van der Waals surface area contributed by atoms with Crippen LogP contribution in [-0.4, -0.2) is 23.9 Å². The molecule has 0 radical (unpaired) electrons. The molecule has 0 aliphatic rings. The molecule has 0 atom stereocenters. The van der Waals surface area contributed by atoms with Gasteiger partial charge in [0.15, 0.2) is 0 Å². The summed E-state index contributed by atoms with van der Waals surface area (Å²) in [6, 6.07) is 0. The van der Waals surface area contributed by atoms with E-state index in [2.05, 4.69) is 0 Å². The Morgan fingerprint density at radius 3 is 0.611 bits per heavy atom. The number of carbonyl (C=O) groups excluding carboxylic acids is 4. The first kappa shape index (κ1) is 31.8. The molecular weight excluding hydrogens is 292 g/mol. The van der Waals surface area contributed by atoms with Crippen LogP contribution in [0.25, 0.3) is 0 Å². The number of carboxylic acid groups (broad SMARTS) is 4. The molecule has 12 heteroatoms. The van der Waals surface area contributed by atoms with E-state index >= 15 is 0 Å². The number of hydrogen-bond donors (Lipinski definition) is 0. The average molecular weight is 292 g/mol. The Morgan fingerprint density at radius 1 is 0.444 bits per heavy atom. The molecule has 76 valence electrons. The van der Waals surface area contributed by atoms with Crippen molar-refractivity contribution in [3.63, 3.8) is 0 Å². The van der Waals surface area contributed by atoms with Gasteiger partial charge in [-0.25, -0.2) is 0 Å². The largest absolute Gasteiger partial charge is 1.00 e. The second kappa shape index (κ2) is 15.0. The van der Waals surface area contributed by atoms with Crippen LogP contribution in [0.4, 0.5) is 0 Å². The van der Waals surface area contributed by atoms with Gasteiger partial charge in [0, 0.05) is 11.1 Å². The fraction of sp³-hybridized carbons (Fsp3) is 0. The molecule has 0 rings (SSSR count). The van der Waals surface area contributed by atoms with Crippen LogP contribution < -0.4 is 139 Å². The van der Waals surface area contributed by atoms with Crippen LogP contribution in [0.2, 0.25) is 0 Å². The molecule has 0 aromatic carbocycles. The summed E-state index contributed by atoms with van der Waals surface area (Å²) >= 11 is 0. The van der Waals surface area contributed by atoms with Gasteiger partial charge in [0.2, 0.25) is 0 Å². The van der Waals surface area contributed by atoms with E-state index in [4.69, 9.17) is 0 Å². The van der Waals surface area contributed by atoms with E-state index in [1.54, 1.807) is 0 Å². The van der Waals surface area contributed by atoms with Gasteiger partial charge in [0.25, 0.3) is 0 Å². The zero-order valence-electron chi connectivity index (χ0n) is 10.3. The van der Waals surface area contributed by atoms with Crippen LogP contribution in [0.1, 0.15) is 0 Å². The number of rotatable bonds is 4. The molecule has 0 saturated carbocycles. The predicted molar refractivity (Wildman–Crippen MR) is 27.1 cm³/mol. The summed E-state index contributed by atoms with van der Waals surface area (Å²) in [7, 11) is 0. The molecule has 0 aliphatic heterocycles. The Bertz CT molecular complexity index is 297. The third-order valence-electron chi connectivity index (χ3n) is 1.07. The molecule has 0 aliphatic carbocycles. The van der Waals surface area contributed by atoms with Crippen molar-refractivity contribution in [1.82, 2.24) is 0 Å². The van der Waals surface area contributed by atoms with Crippen molar-refractivity contribution < 1.29 is 158 Å². The number of aliphatic carboxylic acids is 4. The van der Waals surface area contributed by atoms with Crippen LogP contribution in [0.15, 0.2) is 11.1 Å². The second-order valence-electron chi connectivity index (χ2n) is 1.90. The maximum absolute atomic E-state index is 10.0. The Morgan fingerprint density at radius 2 is 0.556 bits per heavy atom.